The van der Waals surface area contributed by atoms with Crippen LogP contribution in [0.5, 0.6) is 0 Å². The zero-order valence-corrected chi connectivity index (χ0v) is 16.8. The topological polar surface area (TPSA) is 0 Å². The maximum absolute atomic E-state index is 2.43. The fourth-order valence-corrected chi connectivity index (χ4v) is 3.54. The lowest BCUT2D eigenvalue weighted by Gasteiger charge is -2.31. The first-order valence-electron chi connectivity index (χ1n) is 9.42. The number of aryl methyl sites for hydroxylation is 1. The standard InChI is InChI=1S/C23H38/c1-9-19(5)21-12-10-11-20(6)22(21)23(7,8)16-15-18(4)14-13-17(2)3/h9-12,17-18H,13-16H2,1-8H3/b19-9+/t18-/m0/s1. The molecule has 0 amide bonds. The van der Waals surface area contributed by atoms with Gasteiger partial charge in [0.1, 0.15) is 0 Å². The Balaban J connectivity index is 2.92. The predicted molar refractivity (Wildman–Crippen MR) is 106 cm³/mol. The van der Waals surface area contributed by atoms with E-state index < -0.39 is 0 Å². The summed E-state index contributed by atoms with van der Waals surface area (Å²) < 4.78 is 0. The average molecular weight is 315 g/mol. The summed E-state index contributed by atoms with van der Waals surface area (Å²) >= 11 is 0. The maximum Gasteiger partial charge on any atom is -0.00948 e. The van der Waals surface area contributed by atoms with E-state index in [4.69, 9.17) is 0 Å². The first-order valence-corrected chi connectivity index (χ1v) is 9.42. The summed E-state index contributed by atoms with van der Waals surface area (Å²) in [6.07, 6.45) is 7.54. The molecule has 0 saturated carbocycles. The molecule has 0 heteroatoms. The van der Waals surface area contributed by atoms with E-state index in [1.807, 2.05) is 0 Å². The minimum atomic E-state index is 0.233. The third-order valence-corrected chi connectivity index (χ3v) is 5.31. The molecule has 130 valence electrons. The lowest BCUT2D eigenvalue weighted by atomic mass is 9.73. The van der Waals surface area contributed by atoms with Gasteiger partial charge in [0.2, 0.25) is 0 Å². The van der Waals surface area contributed by atoms with Crippen molar-refractivity contribution < 1.29 is 0 Å². The molecule has 0 N–H and O–H groups in total. The van der Waals surface area contributed by atoms with Gasteiger partial charge in [0.15, 0.2) is 0 Å². The van der Waals surface area contributed by atoms with Gasteiger partial charge in [0.25, 0.3) is 0 Å². The number of allylic oxidation sites excluding steroid dienone is 2. The second-order valence-electron chi connectivity index (χ2n) is 8.47. The van der Waals surface area contributed by atoms with E-state index in [1.54, 1.807) is 5.56 Å². The van der Waals surface area contributed by atoms with E-state index >= 15 is 0 Å². The smallest absolute Gasteiger partial charge is 0.00948 e. The first kappa shape index (κ1) is 20.0. The Morgan fingerprint density at radius 3 is 2.30 bits per heavy atom. The molecule has 0 unspecified atom stereocenters. The fourth-order valence-electron chi connectivity index (χ4n) is 3.54. The van der Waals surface area contributed by atoms with Gasteiger partial charge >= 0.3 is 0 Å². The van der Waals surface area contributed by atoms with Gasteiger partial charge < -0.3 is 0 Å². The monoisotopic (exact) mass is 314 g/mol. The van der Waals surface area contributed by atoms with Crippen molar-refractivity contribution in [2.24, 2.45) is 11.8 Å². The van der Waals surface area contributed by atoms with E-state index in [9.17, 15) is 0 Å². The highest BCUT2D eigenvalue weighted by Crippen LogP contribution is 2.37. The van der Waals surface area contributed by atoms with Crippen molar-refractivity contribution in [1.29, 1.82) is 0 Å². The number of hydrogen-bond donors (Lipinski definition) is 0. The lowest BCUT2D eigenvalue weighted by molar-refractivity contribution is 0.364. The summed E-state index contributed by atoms with van der Waals surface area (Å²) in [4.78, 5) is 0. The number of benzene rings is 1. The molecule has 1 atom stereocenters. The molecule has 0 aromatic heterocycles. The SMILES string of the molecule is C/C=C(\C)c1cccc(C)c1C(C)(C)CC[C@@H](C)CCC(C)C. The highest BCUT2D eigenvalue weighted by Gasteiger charge is 2.26. The summed E-state index contributed by atoms with van der Waals surface area (Å²) in [7, 11) is 0. The zero-order valence-electron chi connectivity index (χ0n) is 16.8. The summed E-state index contributed by atoms with van der Waals surface area (Å²) in [5, 5.41) is 0. The molecule has 0 radical (unpaired) electrons. The van der Waals surface area contributed by atoms with E-state index in [0.717, 1.165) is 11.8 Å². The van der Waals surface area contributed by atoms with Gasteiger partial charge in [0.05, 0.1) is 0 Å². The zero-order chi connectivity index (χ0) is 17.6. The van der Waals surface area contributed by atoms with Crippen molar-refractivity contribution in [2.45, 2.75) is 86.5 Å². The van der Waals surface area contributed by atoms with Crippen LogP contribution in [0.2, 0.25) is 0 Å². The van der Waals surface area contributed by atoms with Gasteiger partial charge in [-0.05, 0) is 73.1 Å². The number of hydrogen-bond acceptors (Lipinski definition) is 0. The molecule has 0 aliphatic carbocycles. The normalized spacial score (nSPS) is 14.4. The maximum atomic E-state index is 2.43. The Hall–Kier alpha value is -1.04. The lowest BCUT2D eigenvalue weighted by Crippen LogP contribution is -2.21. The van der Waals surface area contributed by atoms with Crippen molar-refractivity contribution in [3.8, 4) is 0 Å². The van der Waals surface area contributed by atoms with Crippen molar-refractivity contribution >= 4 is 5.57 Å². The Kier molecular flexibility index (Phi) is 7.58. The fraction of sp³-hybridized carbons (Fsp3) is 0.652. The molecule has 0 fully saturated rings. The Labute approximate surface area is 145 Å². The van der Waals surface area contributed by atoms with Gasteiger partial charge in [-0.3, -0.25) is 0 Å². The van der Waals surface area contributed by atoms with Crippen molar-refractivity contribution in [2.75, 3.05) is 0 Å². The van der Waals surface area contributed by atoms with Crippen LogP contribution in [0.4, 0.5) is 0 Å². The Bertz CT molecular complexity index is 517. The van der Waals surface area contributed by atoms with Crippen molar-refractivity contribution in [3.05, 3.63) is 41.0 Å². The average Bonchev–Trinajstić information content (AvgIpc) is 2.49. The number of rotatable bonds is 8. The van der Waals surface area contributed by atoms with Gasteiger partial charge in [-0.15, -0.1) is 0 Å². The van der Waals surface area contributed by atoms with Gasteiger partial charge in [-0.1, -0.05) is 71.7 Å². The van der Waals surface area contributed by atoms with Crippen molar-refractivity contribution in [3.63, 3.8) is 0 Å². The van der Waals surface area contributed by atoms with Gasteiger partial charge in [-0.25, -0.2) is 0 Å². The molecular formula is C23H38. The van der Waals surface area contributed by atoms with Crippen LogP contribution in [0.15, 0.2) is 24.3 Å². The summed E-state index contributed by atoms with van der Waals surface area (Å²) in [5.41, 5.74) is 6.05. The van der Waals surface area contributed by atoms with Crippen LogP contribution in [0.25, 0.3) is 5.57 Å². The molecule has 0 bridgehead atoms. The van der Waals surface area contributed by atoms with Crippen LogP contribution in [0.1, 0.15) is 90.8 Å². The highest BCUT2D eigenvalue weighted by molar-refractivity contribution is 5.68. The van der Waals surface area contributed by atoms with E-state index in [0.29, 0.717) is 0 Å². The molecular weight excluding hydrogens is 276 g/mol. The molecule has 0 spiro atoms. The van der Waals surface area contributed by atoms with Crippen LogP contribution >= 0.6 is 0 Å². The molecule has 1 rings (SSSR count). The van der Waals surface area contributed by atoms with E-state index in [2.05, 4.69) is 79.7 Å². The van der Waals surface area contributed by atoms with Crippen LogP contribution in [-0.2, 0) is 5.41 Å². The molecule has 23 heavy (non-hydrogen) atoms. The minimum absolute atomic E-state index is 0.233. The first-order chi connectivity index (χ1) is 10.7. The molecule has 1 aromatic carbocycles. The third kappa shape index (κ3) is 5.83. The predicted octanol–water partition coefficient (Wildman–Crippen LogP) is 7.55. The van der Waals surface area contributed by atoms with Gasteiger partial charge in [0, 0.05) is 0 Å². The third-order valence-electron chi connectivity index (χ3n) is 5.31. The van der Waals surface area contributed by atoms with E-state index in [-0.39, 0.29) is 5.41 Å². The summed E-state index contributed by atoms with van der Waals surface area (Å²) in [5.74, 6) is 1.65. The minimum Gasteiger partial charge on any atom is -0.0841 e. The van der Waals surface area contributed by atoms with Crippen molar-refractivity contribution in [1.82, 2.24) is 0 Å². The Morgan fingerprint density at radius 2 is 1.74 bits per heavy atom. The van der Waals surface area contributed by atoms with Crippen LogP contribution in [-0.4, -0.2) is 0 Å². The molecule has 0 nitrogen and oxygen atoms in total. The van der Waals surface area contributed by atoms with E-state index in [1.165, 1.54) is 42.4 Å². The largest absolute Gasteiger partial charge is 0.0841 e. The second-order valence-corrected chi connectivity index (χ2v) is 8.47. The van der Waals surface area contributed by atoms with Crippen LogP contribution in [0.3, 0.4) is 0 Å². The highest BCUT2D eigenvalue weighted by atomic mass is 14.3. The summed E-state index contributed by atoms with van der Waals surface area (Å²) in [6.45, 7) is 18.6. The summed E-state index contributed by atoms with van der Waals surface area (Å²) in [6, 6.07) is 6.76. The van der Waals surface area contributed by atoms with Gasteiger partial charge in [-0.2, -0.15) is 0 Å². The molecule has 0 saturated heterocycles. The second kappa shape index (κ2) is 8.71. The van der Waals surface area contributed by atoms with Crippen LogP contribution < -0.4 is 0 Å². The van der Waals surface area contributed by atoms with Crippen LogP contribution in [0, 0.1) is 18.8 Å². The molecule has 1 aromatic rings. The molecule has 0 heterocycles. The molecule has 0 aliphatic rings. The Morgan fingerprint density at radius 1 is 1.09 bits per heavy atom. The quantitative estimate of drug-likeness (QED) is 0.464. The molecule has 0 aliphatic heterocycles.